The number of para-hydroxylation sites is 1. The lowest BCUT2D eigenvalue weighted by Crippen LogP contribution is -2.23. The number of hydrogen-bond acceptors (Lipinski definition) is 4. The van der Waals surface area contributed by atoms with Crippen molar-refractivity contribution in [3.05, 3.63) is 75.0 Å². The van der Waals surface area contributed by atoms with Gasteiger partial charge in [0.05, 0.1) is 5.69 Å². The molecule has 6 heteroatoms. The minimum Gasteiger partial charge on any atom is -0.422 e. The number of nitrogens with one attached hydrogen (secondary N) is 1. The third kappa shape index (κ3) is 2.91. The Morgan fingerprint density at radius 1 is 1.17 bits per heavy atom. The molecule has 1 aromatic carbocycles. The summed E-state index contributed by atoms with van der Waals surface area (Å²) in [6, 6.07) is 11.3. The van der Waals surface area contributed by atoms with Gasteiger partial charge in [-0.25, -0.2) is 4.79 Å². The van der Waals surface area contributed by atoms with E-state index < -0.39 is 11.5 Å². The maximum absolute atomic E-state index is 12.3. The number of fused-ring (bicyclic) bond motifs is 1. The molecular weight excluding hydrogens is 296 g/mol. The van der Waals surface area contributed by atoms with Crippen LogP contribution in [0.5, 0.6) is 0 Å². The molecule has 3 aromatic rings. The van der Waals surface area contributed by atoms with Gasteiger partial charge in [0.15, 0.2) is 0 Å². The van der Waals surface area contributed by atoms with Crippen LogP contribution in [0.1, 0.15) is 17.3 Å². The molecular formula is C17H14N2O4. The number of aromatic nitrogens is 1. The first-order valence-corrected chi connectivity index (χ1v) is 7.13. The molecule has 0 bridgehead atoms. The van der Waals surface area contributed by atoms with E-state index in [1.807, 2.05) is 6.92 Å². The van der Waals surface area contributed by atoms with E-state index in [0.717, 1.165) is 0 Å². The molecule has 6 nitrogen and oxygen atoms in total. The summed E-state index contributed by atoms with van der Waals surface area (Å²) in [5.74, 6) is -0.578. The Kier molecular flexibility index (Phi) is 3.80. The fourth-order valence-corrected chi connectivity index (χ4v) is 2.27. The van der Waals surface area contributed by atoms with Crippen LogP contribution in [0.2, 0.25) is 0 Å². The fraction of sp³-hybridized carbons (Fsp3) is 0.118. The Morgan fingerprint density at radius 3 is 2.74 bits per heavy atom. The van der Waals surface area contributed by atoms with Crippen LogP contribution in [-0.2, 0) is 6.54 Å². The monoisotopic (exact) mass is 310 g/mol. The molecule has 0 saturated carbocycles. The van der Waals surface area contributed by atoms with Crippen LogP contribution in [0, 0.1) is 0 Å². The van der Waals surface area contributed by atoms with Gasteiger partial charge in [-0.05, 0) is 25.1 Å². The summed E-state index contributed by atoms with van der Waals surface area (Å²) in [4.78, 5) is 35.8. The smallest absolute Gasteiger partial charge is 0.349 e. The Morgan fingerprint density at radius 2 is 1.96 bits per heavy atom. The highest BCUT2D eigenvalue weighted by Gasteiger charge is 2.14. The number of nitrogens with zero attached hydrogens (tertiary/aromatic N) is 1. The maximum atomic E-state index is 12.3. The van der Waals surface area contributed by atoms with Gasteiger partial charge in [-0.1, -0.05) is 18.2 Å². The van der Waals surface area contributed by atoms with Gasteiger partial charge in [-0.3, -0.25) is 9.59 Å². The molecule has 0 fully saturated rings. The van der Waals surface area contributed by atoms with Crippen molar-refractivity contribution in [3.8, 4) is 0 Å². The van der Waals surface area contributed by atoms with Gasteiger partial charge in [0.1, 0.15) is 11.1 Å². The third-order valence-electron chi connectivity index (χ3n) is 3.47. The first-order chi connectivity index (χ1) is 11.1. The summed E-state index contributed by atoms with van der Waals surface area (Å²) < 4.78 is 6.60. The molecule has 3 rings (SSSR count). The lowest BCUT2D eigenvalue weighted by Gasteiger charge is -2.07. The number of anilines is 1. The van der Waals surface area contributed by atoms with Gasteiger partial charge in [0.25, 0.3) is 11.5 Å². The average molecular weight is 310 g/mol. The summed E-state index contributed by atoms with van der Waals surface area (Å²) in [6.45, 7) is 2.31. The predicted molar refractivity (Wildman–Crippen MR) is 86.8 cm³/mol. The van der Waals surface area contributed by atoms with Crippen LogP contribution in [0.15, 0.2) is 62.7 Å². The summed E-state index contributed by atoms with van der Waals surface area (Å²) in [6.07, 6.45) is 1.53. The maximum Gasteiger partial charge on any atom is 0.349 e. The molecule has 2 heterocycles. The van der Waals surface area contributed by atoms with Gasteiger partial charge in [0, 0.05) is 24.2 Å². The Balaban J connectivity index is 1.96. The minimum atomic E-state index is -0.704. The van der Waals surface area contributed by atoms with Gasteiger partial charge in [0.2, 0.25) is 0 Å². The van der Waals surface area contributed by atoms with E-state index in [1.54, 1.807) is 24.3 Å². The first-order valence-electron chi connectivity index (χ1n) is 7.13. The molecule has 1 N–H and O–H groups in total. The van der Waals surface area contributed by atoms with Gasteiger partial charge >= 0.3 is 5.63 Å². The topological polar surface area (TPSA) is 81.3 Å². The Hall–Kier alpha value is -3.15. The van der Waals surface area contributed by atoms with Crippen LogP contribution in [0.4, 0.5) is 5.69 Å². The molecule has 0 aliphatic rings. The highest BCUT2D eigenvalue weighted by molar-refractivity contribution is 6.05. The van der Waals surface area contributed by atoms with E-state index in [9.17, 15) is 14.4 Å². The van der Waals surface area contributed by atoms with Crippen LogP contribution < -0.4 is 16.5 Å². The molecule has 2 aromatic heterocycles. The zero-order valence-corrected chi connectivity index (χ0v) is 12.4. The van der Waals surface area contributed by atoms with Crippen LogP contribution in [0.25, 0.3) is 11.0 Å². The number of amides is 1. The number of pyridine rings is 1. The standard InChI is InChI=1S/C17H14N2O4/c1-2-19-10-12(7-8-15(19)20)18-16(21)13-9-11-5-3-4-6-14(11)23-17(13)22/h3-10H,2H2,1H3,(H,18,21). The van der Waals surface area contributed by atoms with Crippen molar-refractivity contribution >= 4 is 22.6 Å². The van der Waals surface area contributed by atoms with Gasteiger partial charge in [-0.15, -0.1) is 0 Å². The van der Waals surface area contributed by atoms with Crippen LogP contribution >= 0.6 is 0 Å². The molecule has 0 aliphatic heterocycles. The number of carbonyl (C=O) groups is 1. The van der Waals surface area contributed by atoms with Crippen molar-refractivity contribution in [1.82, 2.24) is 4.57 Å². The summed E-state index contributed by atoms with van der Waals surface area (Å²) in [5.41, 5.74) is -0.0868. The molecule has 0 radical (unpaired) electrons. The van der Waals surface area contributed by atoms with E-state index in [-0.39, 0.29) is 11.1 Å². The largest absolute Gasteiger partial charge is 0.422 e. The molecule has 0 atom stereocenters. The summed E-state index contributed by atoms with van der Waals surface area (Å²) in [5, 5.41) is 3.27. The van der Waals surface area contributed by atoms with E-state index in [1.165, 1.54) is 29.0 Å². The normalized spacial score (nSPS) is 10.7. The van der Waals surface area contributed by atoms with Crippen molar-refractivity contribution in [1.29, 1.82) is 0 Å². The molecule has 23 heavy (non-hydrogen) atoms. The third-order valence-corrected chi connectivity index (χ3v) is 3.47. The molecule has 0 saturated heterocycles. The Bertz CT molecular complexity index is 1000. The second kappa shape index (κ2) is 5.92. The SMILES string of the molecule is CCn1cc(NC(=O)c2cc3ccccc3oc2=O)ccc1=O. The quantitative estimate of drug-likeness (QED) is 0.752. The van der Waals surface area contributed by atoms with Gasteiger partial charge in [-0.2, -0.15) is 0 Å². The van der Waals surface area contributed by atoms with Crippen molar-refractivity contribution in [3.63, 3.8) is 0 Å². The zero-order chi connectivity index (χ0) is 16.4. The van der Waals surface area contributed by atoms with E-state index in [2.05, 4.69) is 5.32 Å². The molecule has 0 aliphatic carbocycles. The minimum absolute atomic E-state index is 0.0852. The Labute approximate surface area is 131 Å². The second-order valence-electron chi connectivity index (χ2n) is 4.98. The van der Waals surface area contributed by atoms with Crippen LogP contribution in [0.3, 0.4) is 0 Å². The second-order valence-corrected chi connectivity index (χ2v) is 4.98. The van der Waals surface area contributed by atoms with Crippen molar-refractivity contribution in [2.75, 3.05) is 5.32 Å². The van der Waals surface area contributed by atoms with E-state index >= 15 is 0 Å². The van der Waals surface area contributed by atoms with E-state index in [4.69, 9.17) is 4.42 Å². The highest BCUT2D eigenvalue weighted by atomic mass is 16.4. The lowest BCUT2D eigenvalue weighted by molar-refractivity contribution is 0.102. The van der Waals surface area contributed by atoms with Crippen molar-refractivity contribution in [2.24, 2.45) is 0 Å². The molecule has 0 spiro atoms. The number of aryl methyl sites for hydroxylation is 1. The number of hydrogen-bond donors (Lipinski definition) is 1. The molecule has 0 unspecified atom stereocenters. The highest BCUT2D eigenvalue weighted by Crippen LogP contribution is 2.13. The lowest BCUT2D eigenvalue weighted by atomic mass is 10.2. The van der Waals surface area contributed by atoms with E-state index in [0.29, 0.717) is 23.2 Å². The van der Waals surface area contributed by atoms with Crippen molar-refractivity contribution in [2.45, 2.75) is 13.5 Å². The molecule has 1 amide bonds. The summed E-state index contributed by atoms with van der Waals surface area (Å²) >= 11 is 0. The number of carbonyl (C=O) groups excluding carboxylic acids is 1. The fourth-order valence-electron chi connectivity index (χ4n) is 2.27. The zero-order valence-electron chi connectivity index (χ0n) is 12.4. The number of benzene rings is 1. The molecule has 116 valence electrons. The van der Waals surface area contributed by atoms with Gasteiger partial charge < -0.3 is 14.3 Å². The van der Waals surface area contributed by atoms with Crippen molar-refractivity contribution < 1.29 is 9.21 Å². The average Bonchev–Trinajstić information content (AvgIpc) is 2.55. The predicted octanol–water partition coefficient (Wildman–Crippen LogP) is 2.23. The summed E-state index contributed by atoms with van der Waals surface area (Å²) in [7, 11) is 0. The van der Waals surface area contributed by atoms with Crippen LogP contribution in [-0.4, -0.2) is 10.5 Å². The number of rotatable bonds is 3. The first kappa shape index (κ1) is 14.8.